The average Bonchev–Trinajstić information content (AvgIpc) is 3.36. The summed E-state index contributed by atoms with van der Waals surface area (Å²) in [7, 11) is 0. The van der Waals surface area contributed by atoms with Crippen molar-refractivity contribution in [2.45, 2.75) is 13.5 Å². The maximum absolute atomic E-state index is 12.6. The molecule has 0 unspecified atom stereocenters. The van der Waals surface area contributed by atoms with Crippen LogP contribution in [0.4, 0.5) is 0 Å². The molecule has 130 valence electrons. The van der Waals surface area contributed by atoms with Crippen LogP contribution in [0.1, 0.15) is 21.1 Å². The number of carbonyl (C=O) groups excluding carboxylic acids is 1. The summed E-state index contributed by atoms with van der Waals surface area (Å²) in [6, 6.07) is 5.95. The molecule has 1 fully saturated rings. The fraction of sp³-hybridized carbons (Fsp3) is 0.353. The summed E-state index contributed by atoms with van der Waals surface area (Å²) in [6.07, 6.45) is 0. The molecular formula is C17H18N4O2S2. The minimum absolute atomic E-state index is 0.143. The first-order valence-electron chi connectivity index (χ1n) is 8.13. The van der Waals surface area contributed by atoms with Crippen molar-refractivity contribution in [3.05, 3.63) is 45.3 Å². The average molecular weight is 374 g/mol. The Bertz CT molecular complexity index is 848. The third-order valence-electron chi connectivity index (χ3n) is 4.28. The molecule has 0 aromatic carbocycles. The first-order chi connectivity index (χ1) is 12.2. The van der Waals surface area contributed by atoms with E-state index in [0.717, 1.165) is 41.5 Å². The molecule has 1 aliphatic rings. The monoisotopic (exact) mass is 374 g/mol. The number of aryl methyl sites for hydroxylation is 1. The van der Waals surface area contributed by atoms with Gasteiger partial charge in [-0.2, -0.15) is 4.98 Å². The second-order valence-electron chi connectivity index (χ2n) is 5.99. The van der Waals surface area contributed by atoms with E-state index in [4.69, 9.17) is 4.52 Å². The summed E-state index contributed by atoms with van der Waals surface area (Å²) in [5.41, 5.74) is 1.06. The highest BCUT2D eigenvalue weighted by atomic mass is 32.1. The zero-order chi connectivity index (χ0) is 17.2. The molecule has 0 saturated carbocycles. The lowest BCUT2D eigenvalue weighted by Gasteiger charge is -2.33. The van der Waals surface area contributed by atoms with Crippen LogP contribution in [-0.2, 0) is 6.54 Å². The summed E-state index contributed by atoms with van der Waals surface area (Å²) < 4.78 is 5.37. The topological polar surface area (TPSA) is 62.5 Å². The minimum Gasteiger partial charge on any atom is -0.338 e. The molecule has 25 heavy (non-hydrogen) atoms. The molecule has 4 rings (SSSR count). The van der Waals surface area contributed by atoms with Gasteiger partial charge in [-0.25, -0.2) is 0 Å². The van der Waals surface area contributed by atoms with Gasteiger partial charge in [-0.05, 0) is 35.4 Å². The number of piperazine rings is 1. The van der Waals surface area contributed by atoms with Crippen molar-refractivity contribution >= 4 is 28.6 Å². The molecule has 0 spiro atoms. The van der Waals surface area contributed by atoms with E-state index in [1.165, 1.54) is 11.3 Å². The van der Waals surface area contributed by atoms with Gasteiger partial charge in [0.05, 0.1) is 16.3 Å². The van der Waals surface area contributed by atoms with Gasteiger partial charge in [0.25, 0.3) is 5.91 Å². The standard InChI is InChI=1S/C17H18N4O2S2/c1-12-4-10-25-15(12)17(22)21-7-5-20(6-8-21)11-14-18-16(19-23-14)13-3-2-9-24-13/h2-4,9-10H,5-8,11H2,1H3. The summed E-state index contributed by atoms with van der Waals surface area (Å²) >= 11 is 3.12. The predicted molar refractivity (Wildman–Crippen MR) is 97.8 cm³/mol. The van der Waals surface area contributed by atoms with Gasteiger partial charge in [0, 0.05) is 26.2 Å². The van der Waals surface area contributed by atoms with E-state index in [1.54, 1.807) is 11.3 Å². The SMILES string of the molecule is Cc1ccsc1C(=O)N1CCN(Cc2nc(-c3cccs3)no2)CC1. The van der Waals surface area contributed by atoms with Crippen molar-refractivity contribution in [2.75, 3.05) is 26.2 Å². The zero-order valence-electron chi connectivity index (χ0n) is 13.8. The second-order valence-corrected chi connectivity index (χ2v) is 7.85. The molecule has 1 saturated heterocycles. The van der Waals surface area contributed by atoms with Crippen LogP contribution in [-0.4, -0.2) is 52.0 Å². The van der Waals surface area contributed by atoms with Crippen molar-refractivity contribution in [3.63, 3.8) is 0 Å². The molecule has 6 nitrogen and oxygen atoms in total. The number of thiophene rings is 2. The number of aromatic nitrogens is 2. The van der Waals surface area contributed by atoms with E-state index in [9.17, 15) is 4.79 Å². The van der Waals surface area contributed by atoms with E-state index in [-0.39, 0.29) is 5.91 Å². The van der Waals surface area contributed by atoms with Crippen molar-refractivity contribution in [1.29, 1.82) is 0 Å². The van der Waals surface area contributed by atoms with Crippen LogP contribution >= 0.6 is 22.7 Å². The molecule has 0 atom stereocenters. The van der Waals surface area contributed by atoms with Crippen LogP contribution < -0.4 is 0 Å². The molecule has 1 amide bonds. The van der Waals surface area contributed by atoms with Gasteiger partial charge in [-0.15, -0.1) is 22.7 Å². The van der Waals surface area contributed by atoms with E-state index < -0.39 is 0 Å². The lowest BCUT2D eigenvalue weighted by Crippen LogP contribution is -2.48. The Labute approximate surface area is 153 Å². The Morgan fingerprint density at radius 3 is 2.72 bits per heavy atom. The van der Waals surface area contributed by atoms with E-state index >= 15 is 0 Å². The summed E-state index contributed by atoms with van der Waals surface area (Å²) in [6.45, 7) is 5.68. The van der Waals surface area contributed by atoms with Crippen LogP contribution in [0.5, 0.6) is 0 Å². The third kappa shape index (κ3) is 3.51. The maximum atomic E-state index is 12.6. The zero-order valence-corrected chi connectivity index (χ0v) is 15.5. The number of hydrogen-bond acceptors (Lipinski definition) is 7. The van der Waals surface area contributed by atoms with Gasteiger partial charge in [0.2, 0.25) is 11.7 Å². The van der Waals surface area contributed by atoms with Crippen LogP contribution in [0.25, 0.3) is 10.7 Å². The number of hydrogen-bond donors (Lipinski definition) is 0. The summed E-state index contributed by atoms with van der Waals surface area (Å²) in [5.74, 6) is 1.41. The predicted octanol–water partition coefficient (Wildman–Crippen LogP) is 3.13. The summed E-state index contributed by atoms with van der Waals surface area (Å²) in [5, 5.41) is 8.01. The summed E-state index contributed by atoms with van der Waals surface area (Å²) in [4.78, 5) is 23.1. The van der Waals surface area contributed by atoms with Crippen molar-refractivity contribution in [1.82, 2.24) is 19.9 Å². The van der Waals surface area contributed by atoms with Crippen LogP contribution in [0.15, 0.2) is 33.5 Å². The number of rotatable bonds is 4. The number of amides is 1. The van der Waals surface area contributed by atoms with Crippen LogP contribution in [0, 0.1) is 6.92 Å². The molecule has 4 heterocycles. The Morgan fingerprint density at radius 2 is 2.04 bits per heavy atom. The molecule has 1 aliphatic heterocycles. The van der Waals surface area contributed by atoms with Gasteiger partial charge in [0.15, 0.2) is 0 Å². The Hall–Kier alpha value is -2.03. The maximum Gasteiger partial charge on any atom is 0.264 e. The fourth-order valence-corrected chi connectivity index (χ4v) is 4.40. The first kappa shape index (κ1) is 16.4. The highest BCUT2D eigenvalue weighted by molar-refractivity contribution is 7.13. The van der Waals surface area contributed by atoms with Gasteiger partial charge >= 0.3 is 0 Å². The number of nitrogens with zero attached hydrogens (tertiary/aromatic N) is 4. The molecule has 3 aromatic heterocycles. The van der Waals surface area contributed by atoms with Gasteiger partial charge in [-0.1, -0.05) is 11.2 Å². The highest BCUT2D eigenvalue weighted by Crippen LogP contribution is 2.22. The minimum atomic E-state index is 0.143. The largest absolute Gasteiger partial charge is 0.338 e. The first-order valence-corrected chi connectivity index (χ1v) is 9.89. The lowest BCUT2D eigenvalue weighted by molar-refractivity contribution is 0.0619. The Kier molecular flexibility index (Phi) is 4.65. The van der Waals surface area contributed by atoms with Crippen LogP contribution in [0.3, 0.4) is 0 Å². The highest BCUT2D eigenvalue weighted by Gasteiger charge is 2.25. The Balaban J connectivity index is 1.33. The second kappa shape index (κ2) is 7.07. The normalized spacial score (nSPS) is 15.6. The lowest BCUT2D eigenvalue weighted by atomic mass is 10.2. The van der Waals surface area contributed by atoms with Gasteiger partial charge < -0.3 is 9.42 Å². The molecule has 3 aromatic rings. The number of carbonyl (C=O) groups is 1. The van der Waals surface area contributed by atoms with Crippen molar-refractivity contribution < 1.29 is 9.32 Å². The van der Waals surface area contributed by atoms with Crippen molar-refractivity contribution in [2.24, 2.45) is 0 Å². The third-order valence-corrected chi connectivity index (χ3v) is 6.15. The van der Waals surface area contributed by atoms with E-state index in [1.807, 2.05) is 40.8 Å². The van der Waals surface area contributed by atoms with Crippen molar-refractivity contribution in [3.8, 4) is 10.7 Å². The quantitative estimate of drug-likeness (QED) is 0.702. The molecule has 0 radical (unpaired) electrons. The van der Waals surface area contributed by atoms with Crippen LogP contribution in [0.2, 0.25) is 0 Å². The van der Waals surface area contributed by atoms with Gasteiger partial charge in [-0.3, -0.25) is 9.69 Å². The molecule has 8 heteroatoms. The molecule has 0 aliphatic carbocycles. The smallest absolute Gasteiger partial charge is 0.264 e. The van der Waals surface area contributed by atoms with Gasteiger partial charge in [0.1, 0.15) is 0 Å². The molecule has 0 bridgehead atoms. The fourth-order valence-electron chi connectivity index (χ4n) is 2.86. The molecule has 0 N–H and O–H groups in total. The van der Waals surface area contributed by atoms with E-state index in [2.05, 4.69) is 15.0 Å². The molecular weight excluding hydrogens is 356 g/mol. The van der Waals surface area contributed by atoms with E-state index in [0.29, 0.717) is 18.3 Å². The Morgan fingerprint density at radius 1 is 1.20 bits per heavy atom.